The Morgan fingerprint density at radius 2 is 1.71 bits per heavy atom. The van der Waals surface area contributed by atoms with Crippen LogP contribution in [0.15, 0.2) is 48.5 Å². The summed E-state index contributed by atoms with van der Waals surface area (Å²) in [6, 6.07) is 16.1. The van der Waals surface area contributed by atoms with E-state index < -0.39 is 29.6 Å². The number of benzene rings is 2. The summed E-state index contributed by atoms with van der Waals surface area (Å²) >= 11 is 0. The number of hydrogen-bond acceptors (Lipinski definition) is 6. The Labute approximate surface area is 203 Å². The third kappa shape index (κ3) is 5.16. The Balaban J connectivity index is 1.38. The maximum Gasteiger partial charge on any atom is 0.408 e. The topological polar surface area (TPSA) is 123 Å². The highest BCUT2D eigenvalue weighted by Gasteiger charge is 2.39. The van der Waals surface area contributed by atoms with E-state index in [4.69, 9.17) is 14.2 Å². The van der Waals surface area contributed by atoms with Crippen LogP contribution in [0.3, 0.4) is 0 Å². The van der Waals surface area contributed by atoms with Crippen LogP contribution < -0.4 is 10.6 Å². The predicted octanol–water partition coefficient (Wildman–Crippen LogP) is 2.54. The van der Waals surface area contributed by atoms with E-state index in [1.165, 1.54) is 14.0 Å². The molecule has 1 unspecified atom stereocenters. The molecule has 0 saturated carbocycles. The summed E-state index contributed by atoms with van der Waals surface area (Å²) in [5.74, 6) is -2.01. The van der Waals surface area contributed by atoms with Crippen LogP contribution in [0.1, 0.15) is 30.4 Å². The summed E-state index contributed by atoms with van der Waals surface area (Å²) in [5.41, 5.74) is 3.01. The maximum absolute atomic E-state index is 13.0. The van der Waals surface area contributed by atoms with Gasteiger partial charge in [-0.05, 0) is 35.6 Å². The van der Waals surface area contributed by atoms with Crippen molar-refractivity contribution in [2.75, 3.05) is 33.5 Å². The standard InChI is InChI=1S/C26H30N2O7/c1-26(15-33-2,24(31)27-13-16-11-12-34-22(16)23(29)30)28-25(32)35-14-21-19-9-5-3-7-17(19)18-8-4-6-10-20(18)21/h3-10,16,21-22H,11-15H2,1-2H3,(H,27,31)(H,28,32)(H,29,30)/t16-,22-,26?/m1/s1. The molecule has 2 aromatic carbocycles. The quantitative estimate of drug-likeness (QED) is 0.502. The van der Waals surface area contributed by atoms with Crippen LogP contribution >= 0.6 is 0 Å². The molecule has 0 spiro atoms. The average molecular weight is 483 g/mol. The largest absolute Gasteiger partial charge is 0.479 e. The van der Waals surface area contributed by atoms with Crippen molar-refractivity contribution >= 4 is 18.0 Å². The Hall–Kier alpha value is -3.43. The van der Waals surface area contributed by atoms with E-state index >= 15 is 0 Å². The second-order valence-electron chi connectivity index (χ2n) is 9.10. The van der Waals surface area contributed by atoms with Gasteiger partial charge in [-0.25, -0.2) is 9.59 Å². The third-order valence-corrected chi connectivity index (χ3v) is 6.64. The zero-order valence-corrected chi connectivity index (χ0v) is 19.8. The number of amides is 2. The Morgan fingerprint density at radius 1 is 1.09 bits per heavy atom. The minimum absolute atomic E-state index is 0.0907. The molecule has 1 fully saturated rings. The van der Waals surface area contributed by atoms with Crippen LogP contribution in [0.25, 0.3) is 11.1 Å². The summed E-state index contributed by atoms with van der Waals surface area (Å²) < 4.78 is 16.0. The van der Waals surface area contributed by atoms with E-state index in [0.717, 1.165) is 22.3 Å². The fourth-order valence-corrected chi connectivity index (χ4v) is 4.84. The van der Waals surface area contributed by atoms with E-state index in [1.54, 1.807) is 0 Å². The third-order valence-electron chi connectivity index (χ3n) is 6.64. The molecule has 186 valence electrons. The highest BCUT2D eigenvalue weighted by atomic mass is 16.5. The number of nitrogens with one attached hydrogen (secondary N) is 2. The van der Waals surface area contributed by atoms with Gasteiger partial charge in [-0.3, -0.25) is 4.79 Å². The first-order valence-electron chi connectivity index (χ1n) is 11.6. The summed E-state index contributed by atoms with van der Waals surface area (Å²) in [4.78, 5) is 37.0. The lowest BCUT2D eigenvalue weighted by Crippen LogP contribution is -2.60. The van der Waals surface area contributed by atoms with Gasteiger partial charge in [0.15, 0.2) is 6.10 Å². The molecule has 1 aliphatic carbocycles. The van der Waals surface area contributed by atoms with Crippen molar-refractivity contribution in [1.29, 1.82) is 0 Å². The molecule has 2 amide bonds. The van der Waals surface area contributed by atoms with E-state index in [2.05, 4.69) is 22.8 Å². The van der Waals surface area contributed by atoms with Crippen molar-refractivity contribution < 1.29 is 33.7 Å². The van der Waals surface area contributed by atoms with Gasteiger partial charge in [0, 0.05) is 32.1 Å². The van der Waals surface area contributed by atoms with E-state index in [-0.39, 0.29) is 31.6 Å². The fraction of sp³-hybridized carbons (Fsp3) is 0.423. The van der Waals surface area contributed by atoms with Crippen molar-refractivity contribution in [3.63, 3.8) is 0 Å². The molecule has 9 nitrogen and oxygen atoms in total. The first-order valence-corrected chi connectivity index (χ1v) is 11.6. The fourth-order valence-electron chi connectivity index (χ4n) is 4.84. The van der Waals surface area contributed by atoms with Crippen molar-refractivity contribution in [2.24, 2.45) is 5.92 Å². The average Bonchev–Trinajstić information content (AvgIpc) is 3.44. The van der Waals surface area contributed by atoms with Gasteiger partial charge >= 0.3 is 12.1 Å². The van der Waals surface area contributed by atoms with Crippen molar-refractivity contribution in [3.8, 4) is 11.1 Å². The van der Waals surface area contributed by atoms with Crippen molar-refractivity contribution in [2.45, 2.75) is 30.9 Å². The van der Waals surface area contributed by atoms with E-state index in [1.807, 2.05) is 36.4 Å². The second kappa shape index (κ2) is 10.5. The second-order valence-corrected chi connectivity index (χ2v) is 9.10. The number of methoxy groups -OCH3 is 1. The van der Waals surface area contributed by atoms with E-state index in [9.17, 15) is 19.5 Å². The lowest BCUT2D eigenvalue weighted by molar-refractivity contribution is -0.149. The SMILES string of the molecule is COCC(C)(NC(=O)OCC1c2ccccc2-c2ccccc21)C(=O)NC[C@H]1CCO[C@H]1C(=O)O. The lowest BCUT2D eigenvalue weighted by atomic mass is 9.98. The number of aliphatic carboxylic acids is 1. The number of alkyl carbamates (subject to hydrolysis) is 1. The molecule has 3 N–H and O–H groups in total. The number of ether oxygens (including phenoxy) is 3. The van der Waals surface area contributed by atoms with Crippen LogP contribution in [0.2, 0.25) is 0 Å². The zero-order chi connectivity index (χ0) is 25.0. The first-order chi connectivity index (χ1) is 16.8. The molecule has 2 aliphatic rings. The molecule has 9 heteroatoms. The Morgan fingerprint density at radius 3 is 2.31 bits per heavy atom. The predicted molar refractivity (Wildman–Crippen MR) is 127 cm³/mol. The van der Waals surface area contributed by atoms with Gasteiger partial charge in [0.1, 0.15) is 12.1 Å². The molecular formula is C26H30N2O7. The number of rotatable bonds is 9. The molecule has 1 heterocycles. The summed E-state index contributed by atoms with van der Waals surface area (Å²) in [6.07, 6.45) is -1.17. The Bertz CT molecular complexity index is 1060. The van der Waals surface area contributed by atoms with Gasteiger partial charge in [-0.1, -0.05) is 48.5 Å². The van der Waals surface area contributed by atoms with Crippen LogP contribution in [-0.2, 0) is 23.8 Å². The number of fused-ring (bicyclic) bond motifs is 3. The van der Waals surface area contributed by atoms with E-state index in [0.29, 0.717) is 13.0 Å². The summed E-state index contributed by atoms with van der Waals surface area (Å²) in [7, 11) is 1.43. The van der Waals surface area contributed by atoms with Gasteiger partial charge in [0.2, 0.25) is 5.91 Å². The van der Waals surface area contributed by atoms with Crippen LogP contribution in [0.4, 0.5) is 4.79 Å². The molecule has 2 aromatic rings. The van der Waals surface area contributed by atoms with Gasteiger partial charge in [-0.15, -0.1) is 0 Å². The molecule has 35 heavy (non-hydrogen) atoms. The molecule has 1 aliphatic heterocycles. The summed E-state index contributed by atoms with van der Waals surface area (Å²) in [6.45, 7) is 2.00. The zero-order valence-electron chi connectivity index (χ0n) is 19.8. The number of hydrogen-bond donors (Lipinski definition) is 3. The number of carboxylic acids is 1. The molecule has 4 rings (SSSR count). The molecule has 0 bridgehead atoms. The van der Waals surface area contributed by atoms with Gasteiger partial charge in [-0.2, -0.15) is 0 Å². The highest BCUT2D eigenvalue weighted by Crippen LogP contribution is 2.44. The Kier molecular flexibility index (Phi) is 7.37. The highest BCUT2D eigenvalue weighted by molar-refractivity contribution is 5.90. The minimum atomic E-state index is -1.41. The van der Waals surface area contributed by atoms with Crippen LogP contribution in [-0.4, -0.2) is 68.2 Å². The molecule has 3 atom stereocenters. The number of carboxylic acid groups (broad SMARTS) is 1. The maximum atomic E-state index is 13.0. The first kappa shape index (κ1) is 24.7. The van der Waals surface area contributed by atoms with Crippen LogP contribution in [0, 0.1) is 5.92 Å². The molecule has 0 radical (unpaired) electrons. The van der Waals surface area contributed by atoms with Gasteiger partial charge in [0.05, 0.1) is 6.61 Å². The lowest BCUT2D eigenvalue weighted by Gasteiger charge is -2.29. The monoisotopic (exact) mass is 482 g/mol. The smallest absolute Gasteiger partial charge is 0.408 e. The van der Waals surface area contributed by atoms with Crippen molar-refractivity contribution in [1.82, 2.24) is 10.6 Å². The van der Waals surface area contributed by atoms with Crippen LogP contribution in [0.5, 0.6) is 0 Å². The number of carbonyl (C=O) groups excluding carboxylic acids is 2. The van der Waals surface area contributed by atoms with Crippen molar-refractivity contribution in [3.05, 3.63) is 59.7 Å². The molecule has 0 aromatic heterocycles. The minimum Gasteiger partial charge on any atom is -0.479 e. The van der Waals surface area contributed by atoms with Gasteiger partial charge in [0.25, 0.3) is 0 Å². The normalized spacial score (nSPS) is 20.4. The number of carbonyl (C=O) groups is 3. The molecular weight excluding hydrogens is 452 g/mol. The summed E-state index contributed by atoms with van der Waals surface area (Å²) in [5, 5.41) is 14.6. The molecule has 1 saturated heterocycles. The van der Waals surface area contributed by atoms with Gasteiger partial charge < -0.3 is 30.0 Å².